The number of phenolic OH excluding ortho intramolecular Hbond substituents is 1. The van der Waals surface area contributed by atoms with Gasteiger partial charge in [-0.05, 0) is 0 Å². The summed E-state index contributed by atoms with van der Waals surface area (Å²) in [6, 6.07) is 1.08. The molecule has 0 aliphatic heterocycles. The summed E-state index contributed by atoms with van der Waals surface area (Å²) in [6.45, 7) is -0.443. The molecule has 0 aromatic heterocycles. The Morgan fingerprint density at radius 3 is 2.64 bits per heavy atom. The maximum atomic E-state index is 12.9. The van der Waals surface area contributed by atoms with Gasteiger partial charge in [-0.15, -0.1) is 0 Å². The molecular formula is C8H7F2NO3. The molecule has 0 saturated carbocycles. The number of ether oxygens (including phenoxy) is 1. The molecule has 1 aromatic carbocycles. The van der Waals surface area contributed by atoms with Crippen molar-refractivity contribution in [2.45, 2.75) is 0 Å². The van der Waals surface area contributed by atoms with Crippen molar-refractivity contribution < 1.29 is 23.4 Å². The van der Waals surface area contributed by atoms with Crippen molar-refractivity contribution >= 4 is 5.97 Å². The van der Waals surface area contributed by atoms with E-state index in [4.69, 9.17) is 10.8 Å². The molecule has 0 bridgehead atoms. The highest BCUT2D eigenvalue weighted by Gasteiger charge is 2.12. The van der Waals surface area contributed by atoms with Crippen molar-refractivity contribution in [2.24, 2.45) is 5.73 Å². The van der Waals surface area contributed by atoms with Crippen LogP contribution in [0, 0.1) is 11.6 Å². The van der Waals surface area contributed by atoms with E-state index in [9.17, 15) is 13.6 Å². The van der Waals surface area contributed by atoms with Gasteiger partial charge in [0, 0.05) is 12.1 Å². The third-order valence-corrected chi connectivity index (χ3v) is 1.39. The number of hydrogen-bond donors (Lipinski definition) is 2. The average Bonchev–Trinajstić information content (AvgIpc) is 2.14. The third kappa shape index (κ3) is 2.17. The first-order valence-electron chi connectivity index (χ1n) is 3.63. The molecule has 4 nitrogen and oxygen atoms in total. The highest BCUT2D eigenvalue weighted by Crippen LogP contribution is 2.25. The molecule has 0 fully saturated rings. The van der Waals surface area contributed by atoms with Crippen molar-refractivity contribution in [1.29, 1.82) is 0 Å². The van der Waals surface area contributed by atoms with Crippen LogP contribution in [0.2, 0.25) is 0 Å². The maximum Gasteiger partial charge on any atom is 0.325 e. The molecule has 0 atom stereocenters. The number of phenols is 1. The zero-order chi connectivity index (χ0) is 10.7. The monoisotopic (exact) mass is 203 g/mol. The summed E-state index contributed by atoms with van der Waals surface area (Å²) in [7, 11) is 0. The topological polar surface area (TPSA) is 72.6 Å². The Morgan fingerprint density at radius 2 is 2.07 bits per heavy atom. The minimum atomic E-state index is -1.08. The molecule has 0 unspecified atom stereocenters. The number of hydrogen-bond acceptors (Lipinski definition) is 4. The van der Waals surface area contributed by atoms with Crippen LogP contribution < -0.4 is 10.5 Å². The van der Waals surface area contributed by atoms with E-state index >= 15 is 0 Å². The molecular weight excluding hydrogens is 196 g/mol. The number of esters is 1. The van der Waals surface area contributed by atoms with Crippen LogP contribution in [-0.4, -0.2) is 17.6 Å². The molecule has 0 aliphatic carbocycles. The summed E-state index contributed by atoms with van der Waals surface area (Å²) < 4.78 is 29.9. The van der Waals surface area contributed by atoms with Crippen molar-refractivity contribution in [3.05, 3.63) is 23.8 Å². The van der Waals surface area contributed by atoms with Crippen LogP contribution in [-0.2, 0) is 4.79 Å². The molecule has 0 saturated heterocycles. The molecule has 1 aromatic rings. The van der Waals surface area contributed by atoms with Gasteiger partial charge < -0.3 is 15.6 Å². The summed E-state index contributed by atoms with van der Waals surface area (Å²) in [4.78, 5) is 10.6. The Hall–Kier alpha value is -1.69. The predicted octanol–water partition coefficient (Wildman–Crippen LogP) is 0.534. The lowest BCUT2D eigenvalue weighted by Gasteiger charge is -2.04. The second kappa shape index (κ2) is 4.01. The van der Waals surface area contributed by atoms with Crippen LogP contribution in [0.25, 0.3) is 0 Å². The van der Waals surface area contributed by atoms with Gasteiger partial charge in [0.15, 0.2) is 23.1 Å². The summed E-state index contributed by atoms with van der Waals surface area (Å²) in [5.74, 6) is -4.46. The normalized spacial score (nSPS) is 9.93. The van der Waals surface area contributed by atoms with Crippen LogP contribution in [0.5, 0.6) is 11.5 Å². The largest absolute Gasteiger partial charge is 0.505 e. The summed E-state index contributed by atoms with van der Waals surface area (Å²) >= 11 is 0. The average molecular weight is 203 g/mol. The van der Waals surface area contributed by atoms with Crippen molar-refractivity contribution in [2.75, 3.05) is 6.54 Å². The van der Waals surface area contributed by atoms with Crippen LogP contribution in [0.1, 0.15) is 0 Å². The van der Waals surface area contributed by atoms with E-state index in [1.54, 1.807) is 0 Å². The van der Waals surface area contributed by atoms with Gasteiger partial charge in [0.2, 0.25) is 0 Å². The SMILES string of the molecule is NCC(=O)Oc1cc(F)c(O)cc1F. The van der Waals surface area contributed by atoms with Crippen molar-refractivity contribution in [3.63, 3.8) is 0 Å². The number of carbonyl (C=O) groups excluding carboxylic acids is 1. The van der Waals surface area contributed by atoms with Gasteiger partial charge in [0.1, 0.15) is 0 Å². The molecule has 0 aliphatic rings. The number of halogens is 2. The lowest BCUT2D eigenvalue weighted by Crippen LogP contribution is -2.20. The number of aromatic hydroxyl groups is 1. The fourth-order valence-corrected chi connectivity index (χ4v) is 0.761. The van der Waals surface area contributed by atoms with E-state index in [2.05, 4.69) is 4.74 Å². The number of rotatable bonds is 2. The Kier molecular flexibility index (Phi) is 2.98. The van der Waals surface area contributed by atoms with E-state index in [0.717, 1.165) is 0 Å². The minimum Gasteiger partial charge on any atom is -0.505 e. The summed E-state index contributed by atoms with van der Waals surface area (Å²) in [5.41, 5.74) is 4.90. The Morgan fingerprint density at radius 1 is 1.43 bits per heavy atom. The zero-order valence-electron chi connectivity index (χ0n) is 6.96. The molecule has 0 amide bonds. The fourth-order valence-electron chi connectivity index (χ4n) is 0.761. The number of nitrogens with two attached hydrogens (primary N) is 1. The second-order valence-electron chi connectivity index (χ2n) is 2.41. The van der Waals surface area contributed by atoms with Gasteiger partial charge in [-0.1, -0.05) is 0 Å². The number of carbonyl (C=O) groups is 1. The Labute approximate surface area is 77.9 Å². The third-order valence-electron chi connectivity index (χ3n) is 1.39. The van der Waals surface area contributed by atoms with Gasteiger partial charge in [0.25, 0.3) is 0 Å². The highest BCUT2D eigenvalue weighted by atomic mass is 19.1. The van der Waals surface area contributed by atoms with E-state index in [-0.39, 0.29) is 0 Å². The first-order valence-corrected chi connectivity index (χ1v) is 3.63. The quantitative estimate of drug-likeness (QED) is 0.543. The van der Waals surface area contributed by atoms with Crippen LogP contribution in [0.15, 0.2) is 12.1 Å². The molecule has 0 spiro atoms. The number of benzene rings is 1. The van der Waals surface area contributed by atoms with Gasteiger partial charge in [-0.3, -0.25) is 4.79 Å². The van der Waals surface area contributed by atoms with Crippen molar-refractivity contribution in [3.8, 4) is 11.5 Å². The van der Waals surface area contributed by atoms with E-state index in [1.807, 2.05) is 0 Å². The van der Waals surface area contributed by atoms with Crippen LogP contribution >= 0.6 is 0 Å². The molecule has 1 rings (SSSR count). The smallest absolute Gasteiger partial charge is 0.325 e. The Balaban J connectivity index is 2.98. The summed E-state index contributed by atoms with van der Waals surface area (Å²) in [5, 5.41) is 8.74. The first kappa shape index (κ1) is 10.4. The highest BCUT2D eigenvalue weighted by molar-refractivity contribution is 5.74. The molecule has 6 heteroatoms. The predicted molar refractivity (Wildman–Crippen MR) is 42.7 cm³/mol. The molecule has 0 radical (unpaired) electrons. The fraction of sp³-hybridized carbons (Fsp3) is 0.125. The first-order chi connectivity index (χ1) is 6.54. The minimum absolute atomic E-state index is 0.443. The van der Waals surface area contributed by atoms with E-state index < -0.39 is 35.6 Å². The molecule has 76 valence electrons. The lowest BCUT2D eigenvalue weighted by molar-refractivity contribution is -0.133. The zero-order valence-corrected chi connectivity index (χ0v) is 6.96. The lowest BCUT2D eigenvalue weighted by atomic mass is 10.3. The molecule has 3 N–H and O–H groups in total. The Bertz CT molecular complexity index is 368. The van der Waals surface area contributed by atoms with Crippen LogP contribution in [0.3, 0.4) is 0 Å². The van der Waals surface area contributed by atoms with Gasteiger partial charge in [-0.25, -0.2) is 8.78 Å². The van der Waals surface area contributed by atoms with E-state index in [1.165, 1.54) is 0 Å². The second-order valence-corrected chi connectivity index (χ2v) is 2.41. The van der Waals surface area contributed by atoms with E-state index in [0.29, 0.717) is 12.1 Å². The molecule has 14 heavy (non-hydrogen) atoms. The summed E-state index contributed by atoms with van der Waals surface area (Å²) in [6.07, 6.45) is 0. The maximum absolute atomic E-state index is 12.9. The van der Waals surface area contributed by atoms with Crippen LogP contribution in [0.4, 0.5) is 8.78 Å². The standard InChI is InChI=1S/C8H7F2NO3/c9-4-2-7(14-8(13)3-11)5(10)1-6(4)12/h1-2,12H,3,11H2. The van der Waals surface area contributed by atoms with Crippen molar-refractivity contribution in [1.82, 2.24) is 0 Å². The van der Waals surface area contributed by atoms with Gasteiger partial charge in [-0.2, -0.15) is 0 Å². The van der Waals surface area contributed by atoms with Gasteiger partial charge in [0.05, 0.1) is 6.54 Å². The van der Waals surface area contributed by atoms with Gasteiger partial charge >= 0.3 is 5.97 Å². The molecule has 0 heterocycles.